The number of amides is 1. The number of methoxy groups -OCH3 is 1. The summed E-state index contributed by atoms with van der Waals surface area (Å²) in [5.41, 5.74) is 0.0596. The first kappa shape index (κ1) is 16.7. The molecule has 0 unspecified atom stereocenters. The maximum absolute atomic E-state index is 13.6. The molecule has 0 heterocycles. The van der Waals surface area contributed by atoms with Crippen LogP contribution in [0.25, 0.3) is 0 Å². The Kier molecular flexibility index (Phi) is 7.31. The Labute approximate surface area is 113 Å². The van der Waals surface area contributed by atoms with Crippen LogP contribution in [0.15, 0.2) is 18.2 Å². The number of hydrogen-bond donors (Lipinski definition) is 1. The van der Waals surface area contributed by atoms with Crippen molar-refractivity contribution >= 4 is 18.3 Å². The smallest absolute Gasteiger partial charge is 0.256 e. The number of rotatable bonds is 5. The highest BCUT2D eigenvalue weighted by Crippen LogP contribution is 2.17. The summed E-state index contributed by atoms with van der Waals surface area (Å²) in [6, 6.07) is 4.22. The van der Waals surface area contributed by atoms with Crippen molar-refractivity contribution in [1.82, 2.24) is 10.2 Å². The molecule has 0 fully saturated rings. The standard InChI is InChI=1S/C12H17FN2O2.ClH/c1-14-6-7-15(2)12(16)10-5-4-9(17-3)8-11(10)13;/h4-5,8,14H,6-7H2,1-3H3;1H. The van der Waals surface area contributed by atoms with Crippen LogP contribution < -0.4 is 10.1 Å². The topological polar surface area (TPSA) is 41.6 Å². The van der Waals surface area contributed by atoms with Crippen LogP contribution in [0.4, 0.5) is 4.39 Å². The molecule has 6 heteroatoms. The van der Waals surface area contributed by atoms with Gasteiger partial charge in [0.15, 0.2) is 0 Å². The second-order valence-electron chi connectivity index (χ2n) is 3.68. The summed E-state index contributed by atoms with van der Waals surface area (Å²) >= 11 is 0. The van der Waals surface area contributed by atoms with Gasteiger partial charge in [0.2, 0.25) is 0 Å². The second-order valence-corrected chi connectivity index (χ2v) is 3.68. The Balaban J connectivity index is 0.00000289. The molecular weight excluding hydrogens is 259 g/mol. The molecule has 1 N–H and O–H groups in total. The number of carbonyl (C=O) groups is 1. The van der Waals surface area contributed by atoms with Gasteiger partial charge in [-0.15, -0.1) is 12.4 Å². The third-order valence-corrected chi connectivity index (χ3v) is 2.45. The summed E-state index contributed by atoms with van der Waals surface area (Å²) in [4.78, 5) is 13.4. The highest BCUT2D eigenvalue weighted by molar-refractivity contribution is 5.94. The lowest BCUT2D eigenvalue weighted by Gasteiger charge is -2.17. The van der Waals surface area contributed by atoms with Crippen molar-refractivity contribution in [2.24, 2.45) is 0 Å². The normalized spacial score (nSPS) is 9.56. The third kappa shape index (κ3) is 4.16. The molecule has 4 nitrogen and oxygen atoms in total. The fraction of sp³-hybridized carbons (Fsp3) is 0.417. The molecule has 0 aliphatic carbocycles. The lowest BCUT2D eigenvalue weighted by atomic mass is 10.2. The first-order chi connectivity index (χ1) is 8.10. The molecule has 1 rings (SSSR count). The van der Waals surface area contributed by atoms with Gasteiger partial charge in [-0.05, 0) is 19.2 Å². The van der Waals surface area contributed by atoms with Crippen LogP contribution in [-0.4, -0.2) is 45.1 Å². The monoisotopic (exact) mass is 276 g/mol. The highest BCUT2D eigenvalue weighted by Gasteiger charge is 2.16. The van der Waals surface area contributed by atoms with Gasteiger partial charge in [0.05, 0.1) is 12.7 Å². The number of hydrogen-bond acceptors (Lipinski definition) is 3. The maximum atomic E-state index is 13.6. The van der Waals surface area contributed by atoms with Gasteiger partial charge in [-0.2, -0.15) is 0 Å². The maximum Gasteiger partial charge on any atom is 0.256 e. The van der Waals surface area contributed by atoms with E-state index in [1.165, 1.54) is 24.1 Å². The molecule has 0 atom stereocenters. The number of nitrogens with one attached hydrogen (secondary N) is 1. The van der Waals surface area contributed by atoms with E-state index in [0.717, 1.165) is 0 Å². The Morgan fingerprint density at radius 1 is 1.50 bits per heavy atom. The van der Waals surface area contributed by atoms with Gasteiger partial charge in [-0.3, -0.25) is 4.79 Å². The lowest BCUT2D eigenvalue weighted by molar-refractivity contribution is 0.0792. The predicted molar refractivity (Wildman–Crippen MR) is 71.1 cm³/mol. The molecule has 1 aromatic rings. The average molecular weight is 277 g/mol. The van der Waals surface area contributed by atoms with Crippen LogP contribution in [0.1, 0.15) is 10.4 Å². The zero-order valence-electron chi connectivity index (χ0n) is 10.7. The third-order valence-electron chi connectivity index (χ3n) is 2.45. The second kappa shape index (κ2) is 7.89. The first-order valence-electron chi connectivity index (χ1n) is 5.33. The van der Waals surface area contributed by atoms with Gasteiger partial charge in [-0.25, -0.2) is 4.39 Å². The van der Waals surface area contributed by atoms with Crippen molar-refractivity contribution < 1.29 is 13.9 Å². The molecule has 102 valence electrons. The minimum Gasteiger partial charge on any atom is -0.497 e. The van der Waals surface area contributed by atoms with Crippen LogP contribution in [0, 0.1) is 5.82 Å². The van der Waals surface area contributed by atoms with Gasteiger partial charge in [0, 0.05) is 26.2 Å². The highest BCUT2D eigenvalue weighted by atomic mass is 35.5. The molecule has 0 aromatic heterocycles. The van der Waals surface area contributed by atoms with Gasteiger partial charge < -0.3 is 15.0 Å². The summed E-state index contributed by atoms with van der Waals surface area (Å²) in [5.74, 6) is -0.497. The Hall–Kier alpha value is -1.33. The van der Waals surface area contributed by atoms with Crippen LogP contribution in [0.3, 0.4) is 0 Å². The number of ether oxygens (including phenoxy) is 1. The molecule has 1 aromatic carbocycles. The van der Waals surface area contributed by atoms with Crippen molar-refractivity contribution in [2.45, 2.75) is 0 Å². The number of halogens is 2. The van der Waals surface area contributed by atoms with E-state index in [2.05, 4.69) is 5.32 Å². The van der Waals surface area contributed by atoms with E-state index in [1.807, 2.05) is 0 Å². The molecule has 0 radical (unpaired) electrons. The van der Waals surface area contributed by atoms with Crippen molar-refractivity contribution in [3.05, 3.63) is 29.6 Å². The minimum atomic E-state index is -0.564. The molecule has 0 aliphatic rings. The first-order valence-corrected chi connectivity index (χ1v) is 5.33. The van der Waals surface area contributed by atoms with E-state index < -0.39 is 5.82 Å². The largest absolute Gasteiger partial charge is 0.497 e. The molecule has 0 spiro atoms. The van der Waals surface area contributed by atoms with Crippen LogP contribution in [0.2, 0.25) is 0 Å². The zero-order valence-corrected chi connectivity index (χ0v) is 11.5. The van der Waals surface area contributed by atoms with Crippen LogP contribution >= 0.6 is 12.4 Å². The molecule has 0 saturated carbocycles. The SMILES string of the molecule is CNCCN(C)C(=O)c1ccc(OC)cc1F.Cl. The van der Waals surface area contributed by atoms with E-state index in [1.54, 1.807) is 20.2 Å². The van der Waals surface area contributed by atoms with E-state index in [-0.39, 0.29) is 23.9 Å². The molecule has 1 amide bonds. The summed E-state index contributed by atoms with van der Waals surface area (Å²) in [7, 11) is 4.89. The minimum absolute atomic E-state index is 0. The summed E-state index contributed by atoms with van der Waals surface area (Å²) in [6.45, 7) is 1.20. The lowest BCUT2D eigenvalue weighted by Crippen LogP contribution is -2.33. The predicted octanol–water partition coefficient (Wildman–Crippen LogP) is 1.55. The molecule has 0 bridgehead atoms. The number of benzene rings is 1. The molecule has 0 saturated heterocycles. The Morgan fingerprint density at radius 2 is 2.17 bits per heavy atom. The van der Waals surface area contributed by atoms with E-state index in [9.17, 15) is 9.18 Å². The summed E-state index contributed by atoms with van der Waals surface area (Å²) < 4.78 is 18.5. The Bertz CT molecular complexity index is 402. The summed E-state index contributed by atoms with van der Waals surface area (Å²) in [5, 5.41) is 2.93. The number of likely N-dealkylation sites (N-methyl/N-ethyl adjacent to an activating group) is 2. The quantitative estimate of drug-likeness (QED) is 0.887. The number of carbonyl (C=O) groups excluding carboxylic acids is 1. The molecule has 0 aliphatic heterocycles. The summed E-state index contributed by atoms with van der Waals surface area (Å²) in [6.07, 6.45) is 0. The molecule has 18 heavy (non-hydrogen) atoms. The van der Waals surface area contributed by atoms with E-state index in [4.69, 9.17) is 4.74 Å². The van der Waals surface area contributed by atoms with E-state index in [0.29, 0.717) is 18.8 Å². The molecular formula is C12H18ClFN2O2. The van der Waals surface area contributed by atoms with Crippen LogP contribution in [-0.2, 0) is 0 Å². The van der Waals surface area contributed by atoms with Crippen molar-refractivity contribution in [3.63, 3.8) is 0 Å². The van der Waals surface area contributed by atoms with Gasteiger partial charge in [-0.1, -0.05) is 0 Å². The fourth-order valence-electron chi connectivity index (χ4n) is 1.38. The number of nitrogens with zero attached hydrogens (tertiary/aromatic N) is 1. The van der Waals surface area contributed by atoms with Gasteiger partial charge >= 0.3 is 0 Å². The Morgan fingerprint density at radius 3 is 2.67 bits per heavy atom. The van der Waals surface area contributed by atoms with Crippen LogP contribution in [0.5, 0.6) is 5.75 Å². The average Bonchev–Trinajstić information content (AvgIpc) is 2.34. The van der Waals surface area contributed by atoms with Crippen molar-refractivity contribution in [2.75, 3.05) is 34.3 Å². The fourth-order valence-corrected chi connectivity index (χ4v) is 1.38. The van der Waals surface area contributed by atoms with Gasteiger partial charge in [0.1, 0.15) is 11.6 Å². The van der Waals surface area contributed by atoms with Gasteiger partial charge in [0.25, 0.3) is 5.91 Å². The van der Waals surface area contributed by atoms with Crippen molar-refractivity contribution in [3.8, 4) is 5.75 Å². The van der Waals surface area contributed by atoms with Crippen molar-refractivity contribution in [1.29, 1.82) is 0 Å². The van der Waals surface area contributed by atoms with E-state index >= 15 is 0 Å². The zero-order chi connectivity index (χ0) is 12.8.